The molecule has 0 atom stereocenters. The van der Waals surface area contributed by atoms with Crippen molar-refractivity contribution in [2.45, 2.75) is 64.2 Å². The summed E-state index contributed by atoms with van der Waals surface area (Å²) in [5.74, 6) is 0.326. The molecule has 0 aliphatic heterocycles. The second-order valence-electron chi connectivity index (χ2n) is 8.11. The highest BCUT2D eigenvalue weighted by Crippen LogP contribution is 2.33. The van der Waals surface area contributed by atoms with E-state index in [0.29, 0.717) is 11.5 Å². The maximum Gasteiger partial charge on any atom is 0.294 e. The Kier molecular flexibility index (Phi) is 7.14. The Morgan fingerprint density at radius 3 is 1.83 bits per heavy atom. The molecule has 0 bridgehead atoms. The molecule has 2 aromatic carbocycles. The molecule has 0 unspecified atom stereocenters. The number of benzene rings is 2. The molecule has 2 rings (SSSR count). The minimum absolute atomic E-state index is 0.0319. The van der Waals surface area contributed by atoms with Gasteiger partial charge < -0.3 is 5.32 Å². The van der Waals surface area contributed by atoms with Crippen LogP contribution in [-0.4, -0.2) is 18.9 Å². The predicted octanol–water partition coefficient (Wildman–Crippen LogP) is 6.21. The van der Waals surface area contributed by atoms with Gasteiger partial charge in [0.05, 0.1) is 15.6 Å². The molecule has 5 nitrogen and oxygen atoms in total. The van der Waals surface area contributed by atoms with Crippen molar-refractivity contribution in [3.05, 3.63) is 57.6 Å². The zero-order valence-corrected chi connectivity index (χ0v) is 19.1. The third-order valence-electron chi connectivity index (χ3n) is 4.85. The van der Waals surface area contributed by atoms with E-state index in [4.69, 9.17) is 16.2 Å². The molecule has 29 heavy (non-hydrogen) atoms. The van der Waals surface area contributed by atoms with Crippen LogP contribution < -0.4 is 5.32 Å². The average molecular weight is 438 g/mol. The van der Waals surface area contributed by atoms with Gasteiger partial charge >= 0.3 is 0 Å². The summed E-state index contributed by atoms with van der Waals surface area (Å²) in [5.41, 5.74) is 4.01. The van der Waals surface area contributed by atoms with Crippen LogP contribution in [0.15, 0.2) is 35.2 Å². The van der Waals surface area contributed by atoms with Crippen LogP contribution in [0, 0.1) is 0 Å². The van der Waals surface area contributed by atoms with Crippen molar-refractivity contribution in [1.82, 2.24) is 0 Å². The summed E-state index contributed by atoms with van der Waals surface area (Å²) in [4.78, 5) is 12.9. The number of nitrogens with one attached hydrogen (secondary N) is 1. The highest BCUT2D eigenvalue weighted by atomic mass is 35.5. The van der Waals surface area contributed by atoms with Crippen molar-refractivity contribution in [3.63, 3.8) is 0 Å². The third-order valence-corrected chi connectivity index (χ3v) is 6.01. The van der Waals surface area contributed by atoms with E-state index in [9.17, 15) is 13.2 Å². The molecular weight excluding hydrogens is 410 g/mol. The van der Waals surface area contributed by atoms with Crippen LogP contribution >= 0.6 is 11.6 Å². The van der Waals surface area contributed by atoms with Crippen molar-refractivity contribution in [2.75, 3.05) is 5.32 Å². The van der Waals surface area contributed by atoms with Crippen LogP contribution in [-0.2, 0) is 10.1 Å². The van der Waals surface area contributed by atoms with Gasteiger partial charge in [0, 0.05) is 5.56 Å². The standard InChI is InChI=1S/C22H28ClNO4S/c1-12(2)15-9-17(13(3)4)21(18(10-15)14(5)6)22(25)24-20-8-7-16(11-19(20)23)29(26,27)28/h7-14H,1-6H3,(H,24,25)(H,26,27,28). The van der Waals surface area contributed by atoms with Crippen LogP contribution in [0.3, 0.4) is 0 Å². The molecule has 0 heterocycles. The summed E-state index contributed by atoms with van der Waals surface area (Å²) in [5, 5.41) is 2.83. The van der Waals surface area contributed by atoms with E-state index >= 15 is 0 Å². The molecule has 7 heteroatoms. The first kappa shape index (κ1) is 23.4. The number of anilines is 1. The van der Waals surface area contributed by atoms with Gasteiger partial charge in [0.2, 0.25) is 0 Å². The van der Waals surface area contributed by atoms with Gasteiger partial charge in [-0.25, -0.2) is 0 Å². The molecule has 0 radical (unpaired) electrons. The Hall–Kier alpha value is -1.89. The van der Waals surface area contributed by atoms with Crippen LogP contribution in [0.25, 0.3) is 0 Å². The van der Waals surface area contributed by atoms with Crippen LogP contribution in [0.4, 0.5) is 5.69 Å². The van der Waals surface area contributed by atoms with E-state index in [1.807, 2.05) is 27.7 Å². The second-order valence-corrected chi connectivity index (χ2v) is 9.94. The van der Waals surface area contributed by atoms with Gasteiger partial charge in [-0.05, 0) is 52.6 Å². The zero-order valence-electron chi connectivity index (χ0n) is 17.6. The molecule has 1 amide bonds. The zero-order chi connectivity index (χ0) is 22.1. The smallest absolute Gasteiger partial charge is 0.294 e. The molecule has 0 spiro atoms. The molecule has 158 valence electrons. The van der Waals surface area contributed by atoms with Gasteiger partial charge in [0.1, 0.15) is 0 Å². The molecule has 0 fully saturated rings. The van der Waals surface area contributed by atoms with E-state index in [-0.39, 0.29) is 33.3 Å². The van der Waals surface area contributed by atoms with Crippen molar-refractivity contribution in [2.24, 2.45) is 0 Å². The van der Waals surface area contributed by atoms with Crippen molar-refractivity contribution in [3.8, 4) is 0 Å². The molecule has 0 saturated carbocycles. The summed E-state index contributed by atoms with van der Waals surface area (Å²) in [6.45, 7) is 12.4. The van der Waals surface area contributed by atoms with E-state index < -0.39 is 10.1 Å². The lowest BCUT2D eigenvalue weighted by Crippen LogP contribution is -2.19. The monoisotopic (exact) mass is 437 g/mol. The number of amides is 1. The van der Waals surface area contributed by atoms with Gasteiger partial charge in [0.25, 0.3) is 16.0 Å². The van der Waals surface area contributed by atoms with Crippen LogP contribution in [0.1, 0.15) is 86.3 Å². The van der Waals surface area contributed by atoms with Crippen molar-refractivity contribution in [1.29, 1.82) is 0 Å². The topological polar surface area (TPSA) is 83.5 Å². The summed E-state index contributed by atoms with van der Waals surface area (Å²) in [6, 6.07) is 7.85. The van der Waals surface area contributed by atoms with Gasteiger partial charge in [-0.2, -0.15) is 8.42 Å². The molecule has 2 aromatic rings. The number of hydrogen-bond donors (Lipinski definition) is 2. The Balaban J connectivity index is 2.55. The summed E-state index contributed by atoms with van der Waals surface area (Å²) >= 11 is 6.15. The first-order valence-corrected chi connectivity index (χ1v) is 11.4. The first-order chi connectivity index (χ1) is 13.3. The first-order valence-electron chi connectivity index (χ1n) is 9.59. The highest BCUT2D eigenvalue weighted by Gasteiger charge is 2.23. The van der Waals surface area contributed by atoms with Crippen molar-refractivity contribution < 1.29 is 17.8 Å². The fourth-order valence-corrected chi connectivity index (χ4v) is 3.96. The maximum absolute atomic E-state index is 13.2. The van der Waals surface area contributed by atoms with Gasteiger partial charge in [-0.3, -0.25) is 9.35 Å². The lowest BCUT2D eigenvalue weighted by molar-refractivity contribution is 0.102. The van der Waals surface area contributed by atoms with E-state index in [2.05, 4.69) is 31.3 Å². The SMILES string of the molecule is CC(C)c1cc(C(C)C)c(C(=O)Nc2ccc(S(=O)(=O)O)cc2Cl)c(C(C)C)c1. The molecule has 2 N–H and O–H groups in total. The minimum Gasteiger partial charge on any atom is -0.321 e. The Morgan fingerprint density at radius 1 is 0.931 bits per heavy atom. The number of carbonyl (C=O) groups is 1. The summed E-state index contributed by atoms with van der Waals surface area (Å²) in [7, 11) is -4.37. The summed E-state index contributed by atoms with van der Waals surface area (Å²) in [6.07, 6.45) is 0. The molecule has 0 aromatic heterocycles. The molecular formula is C22H28ClNO4S. The minimum atomic E-state index is -4.37. The number of rotatable bonds is 6. The number of halogens is 1. The van der Waals surface area contributed by atoms with Crippen molar-refractivity contribution >= 4 is 33.3 Å². The quantitative estimate of drug-likeness (QED) is 0.526. The fourth-order valence-electron chi connectivity index (χ4n) is 3.16. The largest absolute Gasteiger partial charge is 0.321 e. The molecule has 0 saturated heterocycles. The average Bonchev–Trinajstić information content (AvgIpc) is 2.60. The van der Waals surface area contributed by atoms with Gasteiger partial charge in [0.15, 0.2) is 0 Å². The Labute approximate surface area is 178 Å². The molecule has 0 aliphatic carbocycles. The number of hydrogen-bond acceptors (Lipinski definition) is 3. The van der Waals surface area contributed by atoms with Crippen LogP contribution in [0.2, 0.25) is 5.02 Å². The summed E-state index contributed by atoms with van der Waals surface area (Å²) < 4.78 is 31.7. The van der Waals surface area contributed by atoms with E-state index in [1.54, 1.807) is 0 Å². The second kappa shape index (κ2) is 8.86. The molecule has 0 aliphatic rings. The Morgan fingerprint density at radius 2 is 1.45 bits per heavy atom. The Bertz CT molecular complexity index is 998. The van der Waals surface area contributed by atoms with Crippen LogP contribution in [0.5, 0.6) is 0 Å². The van der Waals surface area contributed by atoms with E-state index in [0.717, 1.165) is 17.2 Å². The highest BCUT2D eigenvalue weighted by molar-refractivity contribution is 7.85. The normalized spacial score (nSPS) is 12.1. The lowest BCUT2D eigenvalue weighted by Gasteiger charge is -2.22. The number of carbonyl (C=O) groups excluding carboxylic acids is 1. The predicted molar refractivity (Wildman–Crippen MR) is 118 cm³/mol. The van der Waals surface area contributed by atoms with E-state index in [1.165, 1.54) is 17.7 Å². The third kappa shape index (κ3) is 5.38. The fraction of sp³-hybridized carbons (Fsp3) is 0.409. The van der Waals surface area contributed by atoms with Gasteiger partial charge in [-0.1, -0.05) is 65.3 Å². The lowest BCUT2D eigenvalue weighted by atomic mass is 9.84. The maximum atomic E-state index is 13.2. The van der Waals surface area contributed by atoms with Gasteiger partial charge in [-0.15, -0.1) is 0 Å².